The fraction of sp³-hybridized carbons (Fsp3) is 0.0476. The number of carbonyl (C=O) groups excluding carboxylic acids is 2. The molecule has 0 saturated heterocycles. The van der Waals surface area contributed by atoms with Crippen LogP contribution >= 0.6 is 0 Å². The van der Waals surface area contributed by atoms with E-state index in [1.165, 1.54) is 67.8 Å². The van der Waals surface area contributed by atoms with Crippen molar-refractivity contribution in [3.05, 3.63) is 89.5 Å². The van der Waals surface area contributed by atoms with E-state index in [0.29, 0.717) is 0 Å². The minimum absolute atomic E-state index is 0.0960. The molecule has 5 nitrogen and oxygen atoms in total. The first kappa shape index (κ1) is 19.0. The average Bonchev–Trinajstić information content (AvgIpc) is 2.67. The van der Waals surface area contributed by atoms with Gasteiger partial charge >= 0.3 is 0 Å². The Bertz CT molecular complexity index is 1040. The van der Waals surface area contributed by atoms with Gasteiger partial charge in [-0.1, -0.05) is 12.1 Å². The zero-order valence-electron chi connectivity index (χ0n) is 14.8. The molecule has 0 radical (unpaired) electrons. The second kappa shape index (κ2) is 8.30. The number of benzene rings is 3. The molecule has 0 spiro atoms. The summed E-state index contributed by atoms with van der Waals surface area (Å²) in [6.07, 6.45) is 0. The lowest BCUT2D eigenvalue weighted by molar-refractivity contribution is 0.102. The number of halogens is 2. The fourth-order valence-electron chi connectivity index (χ4n) is 2.56. The molecule has 0 fully saturated rings. The molecular weight excluding hydrogens is 366 g/mol. The van der Waals surface area contributed by atoms with Gasteiger partial charge < -0.3 is 15.4 Å². The molecule has 3 aromatic rings. The van der Waals surface area contributed by atoms with Gasteiger partial charge in [0.25, 0.3) is 11.8 Å². The first-order chi connectivity index (χ1) is 13.5. The minimum atomic E-state index is -0.567. The van der Waals surface area contributed by atoms with E-state index in [1.807, 2.05) is 0 Å². The third-order valence-corrected chi connectivity index (χ3v) is 3.87. The van der Waals surface area contributed by atoms with Crippen LogP contribution in [0.5, 0.6) is 5.75 Å². The number of hydrogen-bond acceptors (Lipinski definition) is 3. The fourth-order valence-corrected chi connectivity index (χ4v) is 2.56. The van der Waals surface area contributed by atoms with Gasteiger partial charge in [0.1, 0.15) is 17.4 Å². The van der Waals surface area contributed by atoms with E-state index in [1.54, 1.807) is 6.07 Å². The second-order valence-corrected chi connectivity index (χ2v) is 5.84. The Hall–Kier alpha value is -3.74. The maximum absolute atomic E-state index is 13.3. The molecule has 0 atom stereocenters. The Kier molecular flexibility index (Phi) is 5.64. The highest BCUT2D eigenvalue weighted by molar-refractivity contribution is 6.10. The lowest BCUT2D eigenvalue weighted by atomic mass is 10.1. The Morgan fingerprint density at radius 2 is 1.36 bits per heavy atom. The van der Waals surface area contributed by atoms with Crippen LogP contribution in [0, 0.1) is 11.6 Å². The Labute approximate surface area is 160 Å². The van der Waals surface area contributed by atoms with Crippen molar-refractivity contribution in [2.45, 2.75) is 0 Å². The second-order valence-electron chi connectivity index (χ2n) is 5.84. The zero-order valence-corrected chi connectivity index (χ0v) is 14.8. The SMILES string of the molecule is COc1ccc(C(=O)Nc2cccc(F)c2)cc1C(=O)Nc1cccc(F)c1. The predicted molar refractivity (Wildman–Crippen MR) is 102 cm³/mol. The number of ether oxygens (including phenoxy) is 1. The van der Waals surface area contributed by atoms with E-state index in [0.717, 1.165) is 0 Å². The van der Waals surface area contributed by atoms with Crippen LogP contribution in [0.15, 0.2) is 66.7 Å². The van der Waals surface area contributed by atoms with Crippen molar-refractivity contribution >= 4 is 23.2 Å². The van der Waals surface area contributed by atoms with Crippen molar-refractivity contribution in [1.29, 1.82) is 0 Å². The summed E-state index contributed by atoms with van der Waals surface area (Å²) in [7, 11) is 1.39. The molecule has 2 amide bonds. The molecule has 0 bridgehead atoms. The van der Waals surface area contributed by atoms with Crippen LogP contribution < -0.4 is 15.4 Å². The normalized spacial score (nSPS) is 10.2. The molecule has 0 aliphatic rings. The van der Waals surface area contributed by atoms with Crippen molar-refractivity contribution in [2.75, 3.05) is 17.7 Å². The zero-order chi connectivity index (χ0) is 20.1. The summed E-state index contributed by atoms with van der Waals surface area (Å²) < 4.78 is 31.8. The Balaban J connectivity index is 1.84. The Morgan fingerprint density at radius 3 is 1.89 bits per heavy atom. The van der Waals surface area contributed by atoms with E-state index in [4.69, 9.17) is 4.74 Å². The standard InChI is InChI=1S/C21H16F2N2O3/c1-28-19-9-8-13(20(26)24-16-6-2-4-14(22)11-16)10-18(19)21(27)25-17-7-3-5-15(23)12-17/h2-12H,1H3,(H,24,26)(H,25,27). The summed E-state index contributed by atoms with van der Waals surface area (Å²) in [6.45, 7) is 0. The highest BCUT2D eigenvalue weighted by Gasteiger charge is 2.17. The van der Waals surface area contributed by atoms with Crippen LogP contribution in [-0.2, 0) is 0 Å². The third-order valence-electron chi connectivity index (χ3n) is 3.87. The quantitative estimate of drug-likeness (QED) is 0.684. The van der Waals surface area contributed by atoms with Gasteiger partial charge in [-0.3, -0.25) is 9.59 Å². The third kappa shape index (κ3) is 4.50. The van der Waals surface area contributed by atoms with Crippen molar-refractivity contribution in [2.24, 2.45) is 0 Å². The smallest absolute Gasteiger partial charge is 0.259 e. The van der Waals surface area contributed by atoms with E-state index in [-0.39, 0.29) is 28.3 Å². The van der Waals surface area contributed by atoms with E-state index in [2.05, 4.69) is 10.6 Å². The van der Waals surface area contributed by atoms with Crippen LogP contribution in [0.3, 0.4) is 0 Å². The lowest BCUT2D eigenvalue weighted by Gasteiger charge is -2.12. The summed E-state index contributed by atoms with van der Waals surface area (Å²) in [4.78, 5) is 25.0. The molecule has 142 valence electrons. The first-order valence-corrected chi connectivity index (χ1v) is 8.28. The number of nitrogens with one attached hydrogen (secondary N) is 2. The van der Waals surface area contributed by atoms with Crippen molar-refractivity contribution in [3.63, 3.8) is 0 Å². The van der Waals surface area contributed by atoms with Gasteiger partial charge in [-0.2, -0.15) is 0 Å². The monoisotopic (exact) mass is 382 g/mol. The van der Waals surface area contributed by atoms with Gasteiger partial charge in [-0.15, -0.1) is 0 Å². The predicted octanol–water partition coefficient (Wildman–Crippen LogP) is 4.48. The molecule has 0 heterocycles. The molecule has 3 aromatic carbocycles. The molecule has 0 unspecified atom stereocenters. The van der Waals surface area contributed by atoms with Crippen LogP contribution in [0.1, 0.15) is 20.7 Å². The Morgan fingerprint density at radius 1 is 0.786 bits per heavy atom. The number of methoxy groups -OCH3 is 1. The highest BCUT2D eigenvalue weighted by atomic mass is 19.1. The van der Waals surface area contributed by atoms with Gasteiger partial charge in [0, 0.05) is 16.9 Å². The highest BCUT2D eigenvalue weighted by Crippen LogP contribution is 2.22. The number of amides is 2. The summed E-state index contributed by atoms with van der Waals surface area (Å²) >= 11 is 0. The van der Waals surface area contributed by atoms with Crippen molar-refractivity contribution in [3.8, 4) is 5.75 Å². The van der Waals surface area contributed by atoms with Crippen LogP contribution in [-0.4, -0.2) is 18.9 Å². The molecule has 0 aliphatic carbocycles. The molecule has 7 heteroatoms. The van der Waals surface area contributed by atoms with Crippen molar-refractivity contribution in [1.82, 2.24) is 0 Å². The summed E-state index contributed by atoms with van der Waals surface area (Å²) in [5.41, 5.74) is 0.821. The molecule has 28 heavy (non-hydrogen) atoms. The van der Waals surface area contributed by atoms with Gasteiger partial charge in [0.05, 0.1) is 12.7 Å². The molecule has 0 aliphatic heterocycles. The molecule has 0 aromatic heterocycles. The maximum atomic E-state index is 13.3. The van der Waals surface area contributed by atoms with Gasteiger partial charge in [-0.05, 0) is 54.6 Å². The van der Waals surface area contributed by atoms with E-state index in [9.17, 15) is 18.4 Å². The van der Waals surface area contributed by atoms with Gasteiger partial charge in [-0.25, -0.2) is 8.78 Å². The molecule has 3 rings (SSSR count). The van der Waals surface area contributed by atoms with Gasteiger partial charge in [0.2, 0.25) is 0 Å². The summed E-state index contributed by atoms with van der Waals surface area (Å²) in [5, 5.41) is 5.12. The van der Waals surface area contributed by atoms with Crippen LogP contribution in [0.2, 0.25) is 0 Å². The minimum Gasteiger partial charge on any atom is -0.496 e. The number of hydrogen-bond donors (Lipinski definition) is 2. The van der Waals surface area contributed by atoms with Crippen LogP contribution in [0.25, 0.3) is 0 Å². The number of carbonyl (C=O) groups is 2. The molecule has 0 saturated carbocycles. The molecule has 2 N–H and O–H groups in total. The summed E-state index contributed by atoms with van der Waals surface area (Å²) in [5.74, 6) is -1.82. The van der Waals surface area contributed by atoms with Crippen molar-refractivity contribution < 1.29 is 23.1 Å². The first-order valence-electron chi connectivity index (χ1n) is 8.28. The number of anilines is 2. The topological polar surface area (TPSA) is 67.4 Å². The lowest BCUT2D eigenvalue weighted by Crippen LogP contribution is -2.16. The van der Waals surface area contributed by atoms with E-state index >= 15 is 0 Å². The summed E-state index contributed by atoms with van der Waals surface area (Å²) in [6, 6.07) is 15.2. The maximum Gasteiger partial charge on any atom is 0.259 e. The molecular formula is C21H16F2N2O3. The number of rotatable bonds is 5. The van der Waals surface area contributed by atoms with Gasteiger partial charge in [0.15, 0.2) is 0 Å². The average molecular weight is 382 g/mol. The largest absolute Gasteiger partial charge is 0.496 e. The van der Waals surface area contributed by atoms with Crippen LogP contribution in [0.4, 0.5) is 20.2 Å². The van der Waals surface area contributed by atoms with E-state index < -0.39 is 23.4 Å².